The summed E-state index contributed by atoms with van der Waals surface area (Å²) in [5.41, 5.74) is -1.86. The molecule has 1 aliphatic heterocycles. The van der Waals surface area contributed by atoms with E-state index in [0.29, 0.717) is 0 Å². The number of carbonyl (C=O) groups is 1. The van der Waals surface area contributed by atoms with Crippen molar-refractivity contribution in [3.05, 3.63) is 63.2 Å². The molecule has 0 radical (unpaired) electrons. The van der Waals surface area contributed by atoms with E-state index in [4.69, 9.17) is 9.47 Å². The molecule has 154 valence electrons. The second kappa shape index (κ2) is 8.12. The number of nitrogens with one attached hydrogen (secondary N) is 1. The van der Waals surface area contributed by atoms with Gasteiger partial charge in [-0.05, 0) is 23.8 Å². The molecule has 1 N–H and O–H groups in total. The van der Waals surface area contributed by atoms with Crippen molar-refractivity contribution < 1.29 is 32.4 Å². The molecule has 0 unspecified atom stereocenters. The molecule has 30 heavy (non-hydrogen) atoms. The third-order valence-electron chi connectivity index (χ3n) is 4.02. The van der Waals surface area contributed by atoms with Gasteiger partial charge in [-0.25, -0.2) is 0 Å². The summed E-state index contributed by atoms with van der Waals surface area (Å²) < 4.78 is 48.5. The van der Waals surface area contributed by atoms with Gasteiger partial charge in [0.2, 0.25) is 0 Å². The highest BCUT2D eigenvalue weighted by Gasteiger charge is 2.30. The van der Waals surface area contributed by atoms with Crippen LogP contribution in [-0.2, 0) is 11.0 Å². The summed E-state index contributed by atoms with van der Waals surface area (Å²) in [5, 5.41) is 22.8. The van der Waals surface area contributed by atoms with Crippen LogP contribution < -0.4 is 14.8 Å². The van der Waals surface area contributed by atoms with Gasteiger partial charge < -0.3 is 14.8 Å². The number of benzene rings is 2. The Labute approximate surface area is 167 Å². The number of rotatable bonds is 4. The standard InChI is InChI=1S/C19H12F3N3O5/c20-19(21,22)13-3-1-11(2-4-13)7-12(10-23)18(26)24-14-8-16-17(30-6-5-29-16)9-15(14)25(27)28/h1-4,7-9H,5-6H2,(H,24,26)/b12-7+. The number of nitrogens with zero attached hydrogens (tertiary/aromatic N) is 2. The van der Waals surface area contributed by atoms with Gasteiger partial charge in [0.1, 0.15) is 30.5 Å². The second-order valence-corrected chi connectivity index (χ2v) is 6.01. The fourth-order valence-electron chi connectivity index (χ4n) is 2.60. The van der Waals surface area contributed by atoms with E-state index in [-0.39, 0.29) is 36.0 Å². The molecule has 0 atom stereocenters. The highest BCUT2D eigenvalue weighted by molar-refractivity contribution is 6.10. The number of anilines is 1. The average Bonchev–Trinajstić information content (AvgIpc) is 2.71. The first kappa shape index (κ1) is 20.7. The maximum atomic E-state index is 12.6. The van der Waals surface area contributed by atoms with Crippen LogP contribution in [0.3, 0.4) is 0 Å². The summed E-state index contributed by atoms with van der Waals surface area (Å²) in [4.78, 5) is 23.0. The van der Waals surface area contributed by atoms with Gasteiger partial charge in [0, 0.05) is 6.07 Å². The van der Waals surface area contributed by atoms with Crippen LogP contribution in [0.5, 0.6) is 11.5 Å². The van der Waals surface area contributed by atoms with Crippen molar-refractivity contribution in [1.82, 2.24) is 0 Å². The maximum absolute atomic E-state index is 12.6. The minimum absolute atomic E-state index is 0.145. The highest BCUT2D eigenvalue weighted by Crippen LogP contribution is 2.39. The van der Waals surface area contributed by atoms with Crippen molar-refractivity contribution in [3.8, 4) is 17.6 Å². The number of nitro groups is 1. The van der Waals surface area contributed by atoms with Gasteiger partial charge in [-0.15, -0.1) is 0 Å². The smallest absolute Gasteiger partial charge is 0.416 e. The van der Waals surface area contributed by atoms with E-state index in [9.17, 15) is 33.3 Å². The Bertz CT molecular complexity index is 1070. The van der Waals surface area contributed by atoms with Gasteiger partial charge in [0.05, 0.1) is 16.6 Å². The number of carbonyl (C=O) groups excluding carboxylic acids is 1. The Morgan fingerprint density at radius 2 is 1.77 bits per heavy atom. The molecule has 0 bridgehead atoms. The summed E-state index contributed by atoms with van der Waals surface area (Å²) in [7, 11) is 0. The largest absolute Gasteiger partial charge is 0.486 e. The lowest BCUT2D eigenvalue weighted by Crippen LogP contribution is -2.18. The molecule has 1 aliphatic rings. The summed E-state index contributed by atoms with van der Waals surface area (Å²) in [6.07, 6.45) is -3.45. The normalized spacial score (nSPS) is 13.3. The predicted octanol–water partition coefficient (Wildman–Crippen LogP) is 3.93. The van der Waals surface area contributed by atoms with Gasteiger partial charge in [0.15, 0.2) is 11.5 Å². The Hall–Kier alpha value is -4.07. The fourth-order valence-corrected chi connectivity index (χ4v) is 2.60. The zero-order chi connectivity index (χ0) is 21.9. The number of hydrogen-bond donors (Lipinski definition) is 1. The fraction of sp³-hybridized carbons (Fsp3) is 0.158. The molecule has 1 amide bonds. The van der Waals surface area contributed by atoms with E-state index in [1.165, 1.54) is 6.07 Å². The first-order chi connectivity index (χ1) is 14.2. The average molecular weight is 419 g/mol. The number of nitro benzene ring substituents is 1. The monoisotopic (exact) mass is 419 g/mol. The van der Waals surface area contributed by atoms with E-state index in [2.05, 4.69) is 5.32 Å². The summed E-state index contributed by atoms with van der Waals surface area (Å²) >= 11 is 0. The van der Waals surface area contributed by atoms with Gasteiger partial charge in [-0.1, -0.05) is 12.1 Å². The van der Waals surface area contributed by atoms with Crippen LogP contribution >= 0.6 is 0 Å². The zero-order valence-corrected chi connectivity index (χ0v) is 15.0. The van der Waals surface area contributed by atoms with Crippen molar-refractivity contribution in [2.75, 3.05) is 18.5 Å². The molecule has 2 aromatic rings. The van der Waals surface area contributed by atoms with Gasteiger partial charge in [0.25, 0.3) is 11.6 Å². The minimum Gasteiger partial charge on any atom is -0.486 e. The Kier molecular flexibility index (Phi) is 5.59. The van der Waals surface area contributed by atoms with Crippen LogP contribution in [0, 0.1) is 21.4 Å². The molecule has 0 aliphatic carbocycles. The van der Waals surface area contributed by atoms with Crippen LogP contribution in [0.25, 0.3) is 6.08 Å². The molecule has 0 spiro atoms. The number of hydrogen-bond acceptors (Lipinski definition) is 6. The number of alkyl halides is 3. The highest BCUT2D eigenvalue weighted by atomic mass is 19.4. The molecular formula is C19H12F3N3O5. The number of ether oxygens (including phenoxy) is 2. The van der Waals surface area contributed by atoms with Gasteiger partial charge >= 0.3 is 6.18 Å². The van der Waals surface area contributed by atoms with E-state index in [1.807, 2.05) is 0 Å². The van der Waals surface area contributed by atoms with E-state index in [0.717, 1.165) is 36.4 Å². The van der Waals surface area contributed by atoms with Gasteiger partial charge in [-0.3, -0.25) is 14.9 Å². The van der Waals surface area contributed by atoms with Crippen LogP contribution in [0.1, 0.15) is 11.1 Å². The summed E-state index contributed by atoms with van der Waals surface area (Å²) in [6.45, 7) is 0.430. The molecule has 3 rings (SSSR count). The first-order valence-corrected chi connectivity index (χ1v) is 8.37. The Balaban J connectivity index is 1.87. The molecule has 8 nitrogen and oxygen atoms in total. The quantitative estimate of drug-likeness (QED) is 0.348. The molecular weight excluding hydrogens is 407 g/mol. The lowest BCUT2D eigenvalue weighted by molar-refractivity contribution is -0.384. The van der Waals surface area contributed by atoms with E-state index in [1.54, 1.807) is 6.07 Å². The lowest BCUT2D eigenvalue weighted by atomic mass is 10.1. The van der Waals surface area contributed by atoms with Gasteiger partial charge in [-0.2, -0.15) is 18.4 Å². The maximum Gasteiger partial charge on any atom is 0.416 e. The summed E-state index contributed by atoms with van der Waals surface area (Å²) in [6, 6.07) is 7.74. The van der Waals surface area contributed by atoms with Crippen LogP contribution in [-0.4, -0.2) is 24.0 Å². The number of halogens is 3. The van der Waals surface area contributed by atoms with Crippen molar-refractivity contribution >= 4 is 23.4 Å². The van der Waals surface area contributed by atoms with Crippen LogP contribution in [0.4, 0.5) is 24.5 Å². The lowest BCUT2D eigenvalue weighted by Gasteiger charge is -2.19. The molecule has 0 aromatic heterocycles. The molecule has 2 aromatic carbocycles. The van der Waals surface area contributed by atoms with Crippen LogP contribution in [0.2, 0.25) is 0 Å². The van der Waals surface area contributed by atoms with Crippen molar-refractivity contribution in [2.24, 2.45) is 0 Å². The molecule has 0 fully saturated rings. The Morgan fingerprint density at radius 1 is 1.17 bits per heavy atom. The number of nitriles is 1. The minimum atomic E-state index is -4.52. The Morgan fingerprint density at radius 3 is 2.30 bits per heavy atom. The van der Waals surface area contributed by atoms with Crippen molar-refractivity contribution in [1.29, 1.82) is 5.26 Å². The first-order valence-electron chi connectivity index (χ1n) is 8.37. The van der Waals surface area contributed by atoms with E-state index >= 15 is 0 Å². The van der Waals surface area contributed by atoms with E-state index < -0.39 is 33.8 Å². The van der Waals surface area contributed by atoms with Crippen LogP contribution in [0.15, 0.2) is 42.0 Å². The zero-order valence-electron chi connectivity index (χ0n) is 15.0. The molecule has 0 saturated heterocycles. The predicted molar refractivity (Wildman–Crippen MR) is 97.8 cm³/mol. The topological polar surface area (TPSA) is 114 Å². The molecule has 0 saturated carbocycles. The third kappa shape index (κ3) is 4.49. The van der Waals surface area contributed by atoms with Crippen molar-refractivity contribution in [2.45, 2.75) is 6.18 Å². The molecule has 1 heterocycles. The second-order valence-electron chi connectivity index (χ2n) is 6.01. The van der Waals surface area contributed by atoms with Crippen molar-refractivity contribution in [3.63, 3.8) is 0 Å². The number of fused-ring (bicyclic) bond motifs is 1. The third-order valence-corrected chi connectivity index (χ3v) is 4.02. The summed E-state index contributed by atoms with van der Waals surface area (Å²) in [5.74, 6) is -0.642. The molecule has 11 heteroatoms. The number of amides is 1. The SMILES string of the molecule is N#C/C(=C\c1ccc(C(F)(F)F)cc1)C(=O)Nc1cc2c(cc1[N+](=O)[O-])OCCO2.